The Labute approximate surface area is 167 Å². The minimum atomic E-state index is -0.953. The third-order valence-corrected chi connectivity index (χ3v) is 5.22. The molecular formula is C22H21N3O4. The maximum Gasteiger partial charge on any atom is 0.360 e. The molecule has 1 aromatic heterocycles. The fraction of sp³-hybridized carbons (Fsp3) is 0.273. The molecule has 7 heteroatoms. The summed E-state index contributed by atoms with van der Waals surface area (Å²) in [5.41, 5.74) is 2.07. The number of esters is 1. The molecule has 2 heterocycles. The van der Waals surface area contributed by atoms with Gasteiger partial charge in [-0.05, 0) is 30.5 Å². The molecule has 1 atom stereocenters. The summed E-state index contributed by atoms with van der Waals surface area (Å²) in [4.78, 5) is 39.5. The van der Waals surface area contributed by atoms with E-state index < -0.39 is 12.1 Å². The molecule has 148 valence electrons. The molecule has 4 rings (SSSR count). The predicted molar refractivity (Wildman–Crippen MR) is 107 cm³/mol. The summed E-state index contributed by atoms with van der Waals surface area (Å²) in [6, 6.07) is 14.7. The Morgan fingerprint density at radius 3 is 2.45 bits per heavy atom. The summed E-state index contributed by atoms with van der Waals surface area (Å²) in [7, 11) is 1.48. The Morgan fingerprint density at radius 1 is 1.03 bits per heavy atom. The number of hydrogen-bond acceptors (Lipinski definition) is 5. The van der Waals surface area contributed by atoms with Crippen molar-refractivity contribution in [2.75, 3.05) is 6.54 Å². The van der Waals surface area contributed by atoms with Crippen LogP contribution in [-0.4, -0.2) is 39.2 Å². The van der Waals surface area contributed by atoms with E-state index >= 15 is 0 Å². The van der Waals surface area contributed by atoms with Crippen LogP contribution in [0.2, 0.25) is 0 Å². The standard InChI is InChI=1S/C22H21N3O4/c1-14(20(26)25-12-11-15-7-3-4-8-16(15)13-25)29-22(28)19-17-9-5-6-10-18(17)21(27)24(2)23-19/h3-10,14H,11-13H2,1-2H3/t14-/m1/s1. The van der Waals surface area contributed by atoms with E-state index in [1.54, 1.807) is 36.1 Å². The van der Waals surface area contributed by atoms with Gasteiger partial charge in [-0.3, -0.25) is 9.59 Å². The van der Waals surface area contributed by atoms with E-state index in [0.29, 0.717) is 23.9 Å². The van der Waals surface area contributed by atoms with Gasteiger partial charge in [0.05, 0.1) is 5.39 Å². The normalized spacial score (nSPS) is 14.3. The third-order valence-electron chi connectivity index (χ3n) is 5.22. The molecule has 2 aromatic carbocycles. The molecule has 0 spiro atoms. The second-order valence-electron chi connectivity index (χ2n) is 7.15. The van der Waals surface area contributed by atoms with Gasteiger partial charge in [0, 0.05) is 25.5 Å². The number of aryl methyl sites for hydroxylation is 1. The molecule has 0 radical (unpaired) electrons. The average Bonchev–Trinajstić information content (AvgIpc) is 2.75. The van der Waals surface area contributed by atoms with Gasteiger partial charge in [0.25, 0.3) is 11.5 Å². The number of nitrogens with zero attached hydrogens (tertiary/aromatic N) is 3. The van der Waals surface area contributed by atoms with E-state index in [4.69, 9.17) is 4.74 Å². The van der Waals surface area contributed by atoms with Gasteiger partial charge in [-0.15, -0.1) is 0 Å². The van der Waals surface area contributed by atoms with Crippen LogP contribution in [0.5, 0.6) is 0 Å². The quantitative estimate of drug-likeness (QED) is 0.639. The number of aromatic nitrogens is 2. The number of amides is 1. The van der Waals surface area contributed by atoms with E-state index in [0.717, 1.165) is 16.7 Å². The lowest BCUT2D eigenvalue weighted by atomic mass is 9.99. The molecule has 3 aromatic rings. The molecule has 0 bridgehead atoms. The molecule has 1 amide bonds. The minimum absolute atomic E-state index is 0.0198. The maximum atomic E-state index is 12.8. The van der Waals surface area contributed by atoms with Gasteiger partial charge < -0.3 is 9.64 Å². The van der Waals surface area contributed by atoms with E-state index in [2.05, 4.69) is 11.2 Å². The van der Waals surface area contributed by atoms with Crippen molar-refractivity contribution in [3.8, 4) is 0 Å². The average molecular weight is 391 g/mol. The van der Waals surface area contributed by atoms with E-state index in [9.17, 15) is 14.4 Å². The molecule has 7 nitrogen and oxygen atoms in total. The van der Waals surface area contributed by atoms with Gasteiger partial charge in [0.1, 0.15) is 0 Å². The molecule has 0 saturated heterocycles. The molecule has 0 fully saturated rings. The van der Waals surface area contributed by atoms with Crippen LogP contribution in [0.1, 0.15) is 28.5 Å². The first kappa shape index (κ1) is 18.9. The number of fused-ring (bicyclic) bond motifs is 2. The first-order chi connectivity index (χ1) is 14.0. The molecule has 0 aliphatic carbocycles. The number of rotatable bonds is 3. The number of carbonyl (C=O) groups excluding carboxylic acids is 2. The largest absolute Gasteiger partial charge is 0.448 e. The zero-order valence-electron chi connectivity index (χ0n) is 16.3. The Morgan fingerprint density at radius 2 is 1.69 bits per heavy atom. The third kappa shape index (κ3) is 3.51. The zero-order chi connectivity index (χ0) is 20.5. The first-order valence-electron chi connectivity index (χ1n) is 9.48. The van der Waals surface area contributed by atoms with Crippen LogP contribution in [-0.2, 0) is 29.5 Å². The molecule has 0 N–H and O–H groups in total. The fourth-order valence-corrected chi connectivity index (χ4v) is 3.66. The smallest absolute Gasteiger partial charge is 0.360 e. The lowest BCUT2D eigenvalue weighted by molar-refractivity contribution is -0.140. The van der Waals surface area contributed by atoms with Gasteiger partial charge in [0.2, 0.25) is 0 Å². The Kier molecular flexibility index (Phi) is 4.88. The van der Waals surface area contributed by atoms with Crippen molar-refractivity contribution in [2.24, 2.45) is 7.05 Å². The molecule has 0 unspecified atom stereocenters. The second kappa shape index (κ2) is 7.50. The fourth-order valence-electron chi connectivity index (χ4n) is 3.66. The maximum absolute atomic E-state index is 12.8. The summed E-state index contributed by atoms with van der Waals surface area (Å²) in [6.45, 7) is 2.64. The minimum Gasteiger partial charge on any atom is -0.448 e. The van der Waals surface area contributed by atoms with Crippen molar-refractivity contribution in [3.63, 3.8) is 0 Å². The van der Waals surface area contributed by atoms with Crippen molar-refractivity contribution in [3.05, 3.63) is 75.7 Å². The highest BCUT2D eigenvalue weighted by Crippen LogP contribution is 2.20. The second-order valence-corrected chi connectivity index (χ2v) is 7.15. The van der Waals surface area contributed by atoms with Crippen LogP contribution in [0.25, 0.3) is 10.8 Å². The molecule has 1 aliphatic heterocycles. The topological polar surface area (TPSA) is 81.5 Å². The number of carbonyl (C=O) groups is 2. The van der Waals surface area contributed by atoms with E-state index in [1.165, 1.54) is 12.6 Å². The lowest BCUT2D eigenvalue weighted by Gasteiger charge is -2.30. The number of benzene rings is 2. The summed E-state index contributed by atoms with van der Waals surface area (Å²) in [5, 5.41) is 4.85. The van der Waals surface area contributed by atoms with Crippen molar-refractivity contribution in [2.45, 2.75) is 26.0 Å². The molecule has 0 saturated carbocycles. The summed E-state index contributed by atoms with van der Waals surface area (Å²) in [5.74, 6) is -0.975. The van der Waals surface area contributed by atoms with E-state index in [1.807, 2.05) is 18.2 Å². The first-order valence-corrected chi connectivity index (χ1v) is 9.48. The predicted octanol–water partition coefficient (Wildman–Crippen LogP) is 2.06. The van der Waals surface area contributed by atoms with Gasteiger partial charge >= 0.3 is 5.97 Å². The highest BCUT2D eigenvalue weighted by molar-refractivity contribution is 6.02. The van der Waals surface area contributed by atoms with Crippen LogP contribution in [0, 0.1) is 0 Å². The van der Waals surface area contributed by atoms with Crippen molar-refractivity contribution in [1.82, 2.24) is 14.7 Å². The summed E-state index contributed by atoms with van der Waals surface area (Å²) >= 11 is 0. The Hall–Kier alpha value is -3.48. The SMILES string of the molecule is C[C@@H](OC(=O)c1nn(C)c(=O)c2ccccc12)C(=O)N1CCc2ccccc2C1. The number of hydrogen-bond donors (Lipinski definition) is 0. The van der Waals surface area contributed by atoms with Crippen molar-refractivity contribution < 1.29 is 14.3 Å². The van der Waals surface area contributed by atoms with Crippen molar-refractivity contribution >= 4 is 22.6 Å². The van der Waals surface area contributed by atoms with Gasteiger partial charge in [-0.1, -0.05) is 42.5 Å². The lowest BCUT2D eigenvalue weighted by Crippen LogP contribution is -2.42. The van der Waals surface area contributed by atoms with E-state index in [-0.39, 0.29) is 17.2 Å². The van der Waals surface area contributed by atoms with Crippen LogP contribution in [0.3, 0.4) is 0 Å². The Bertz CT molecular complexity index is 1170. The zero-order valence-corrected chi connectivity index (χ0v) is 16.3. The molecule has 29 heavy (non-hydrogen) atoms. The van der Waals surface area contributed by atoms with Crippen LogP contribution < -0.4 is 5.56 Å². The van der Waals surface area contributed by atoms with Crippen LogP contribution in [0.4, 0.5) is 0 Å². The molecular weight excluding hydrogens is 370 g/mol. The van der Waals surface area contributed by atoms with Gasteiger partial charge in [-0.25, -0.2) is 9.48 Å². The highest BCUT2D eigenvalue weighted by Gasteiger charge is 2.28. The van der Waals surface area contributed by atoms with Gasteiger partial charge in [0.15, 0.2) is 11.8 Å². The molecule has 1 aliphatic rings. The number of ether oxygens (including phenoxy) is 1. The van der Waals surface area contributed by atoms with Gasteiger partial charge in [-0.2, -0.15) is 5.10 Å². The summed E-state index contributed by atoms with van der Waals surface area (Å²) in [6.07, 6.45) is -0.180. The monoisotopic (exact) mass is 391 g/mol. The highest BCUT2D eigenvalue weighted by atomic mass is 16.5. The summed E-state index contributed by atoms with van der Waals surface area (Å²) < 4.78 is 6.54. The van der Waals surface area contributed by atoms with Crippen LogP contribution in [0.15, 0.2) is 53.3 Å². The van der Waals surface area contributed by atoms with Crippen molar-refractivity contribution in [1.29, 1.82) is 0 Å². The van der Waals surface area contributed by atoms with Crippen LogP contribution >= 0.6 is 0 Å². The Balaban J connectivity index is 1.53.